The highest BCUT2D eigenvalue weighted by Gasteiger charge is 2.25. The van der Waals surface area contributed by atoms with E-state index in [0.29, 0.717) is 19.5 Å². The summed E-state index contributed by atoms with van der Waals surface area (Å²) in [5.74, 6) is -0.523. The Morgan fingerprint density at radius 2 is 1.83 bits per heavy atom. The van der Waals surface area contributed by atoms with Gasteiger partial charge in [-0.3, -0.25) is 9.59 Å². The van der Waals surface area contributed by atoms with Gasteiger partial charge in [-0.25, -0.2) is 4.39 Å². The molecule has 5 heteroatoms. The van der Waals surface area contributed by atoms with Crippen molar-refractivity contribution in [1.29, 1.82) is 0 Å². The molecule has 0 spiro atoms. The number of nitrogens with one attached hydrogen (secondary N) is 1. The van der Waals surface area contributed by atoms with Gasteiger partial charge < -0.3 is 10.2 Å². The second kappa shape index (κ2) is 9.98. The van der Waals surface area contributed by atoms with E-state index in [1.165, 1.54) is 12.1 Å². The molecule has 0 aromatic heterocycles. The van der Waals surface area contributed by atoms with Crippen LogP contribution in [-0.2, 0) is 16.1 Å². The van der Waals surface area contributed by atoms with Crippen molar-refractivity contribution in [2.75, 3.05) is 6.54 Å². The average Bonchev–Trinajstić information content (AvgIpc) is 2.54. The molecule has 1 N–H and O–H groups in total. The maximum atomic E-state index is 13.0. The van der Waals surface area contributed by atoms with Crippen LogP contribution in [0.25, 0.3) is 0 Å². The Kier molecular flexibility index (Phi) is 8.30. The number of carbonyl (C=O) groups excluding carboxylic acids is 2. The lowest BCUT2D eigenvalue weighted by Crippen LogP contribution is -2.47. The highest BCUT2D eigenvalue weighted by molar-refractivity contribution is 5.87. The van der Waals surface area contributed by atoms with Crippen molar-refractivity contribution in [2.45, 2.75) is 59.0 Å². The molecule has 1 rings (SSSR count). The number of rotatable bonds is 9. The molecule has 1 aromatic rings. The summed E-state index contributed by atoms with van der Waals surface area (Å²) in [7, 11) is 0. The minimum absolute atomic E-state index is 0.0602. The quantitative estimate of drug-likeness (QED) is 0.710. The van der Waals surface area contributed by atoms with Gasteiger partial charge >= 0.3 is 0 Å². The molecule has 0 unspecified atom stereocenters. The van der Waals surface area contributed by atoms with Gasteiger partial charge in [-0.2, -0.15) is 0 Å². The molecule has 23 heavy (non-hydrogen) atoms. The normalized spacial score (nSPS) is 11.8. The molecule has 0 saturated heterocycles. The van der Waals surface area contributed by atoms with Crippen LogP contribution in [0.5, 0.6) is 0 Å². The van der Waals surface area contributed by atoms with Crippen molar-refractivity contribution in [3.05, 3.63) is 35.6 Å². The number of carbonyl (C=O) groups is 2. The van der Waals surface area contributed by atoms with Crippen molar-refractivity contribution < 1.29 is 14.0 Å². The number of hydrogen-bond donors (Lipinski definition) is 1. The highest BCUT2D eigenvalue weighted by Crippen LogP contribution is 2.12. The molecular formula is C18H27FN2O2. The van der Waals surface area contributed by atoms with Crippen LogP contribution >= 0.6 is 0 Å². The predicted molar refractivity (Wildman–Crippen MR) is 89.2 cm³/mol. The molecule has 1 aromatic carbocycles. The van der Waals surface area contributed by atoms with E-state index in [0.717, 1.165) is 24.8 Å². The third-order valence-corrected chi connectivity index (χ3v) is 3.73. The summed E-state index contributed by atoms with van der Waals surface area (Å²) in [6, 6.07) is 5.47. The lowest BCUT2D eigenvalue weighted by Gasteiger charge is -2.28. The zero-order chi connectivity index (χ0) is 17.2. The number of amides is 2. The zero-order valence-electron chi connectivity index (χ0n) is 14.3. The average molecular weight is 322 g/mol. The first-order valence-electron chi connectivity index (χ1n) is 8.31. The minimum atomic E-state index is -0.545. The summed E-state index contributed by atoms with van der Waals surface area (Å²) in [6.45, 7) is 6.65. The van der Waals surface area contributed by atoms with E-state index in [4.69, 9.17) is 0 Å². The maximum Gasteiger partial charge on any atom is 0.242 e. The van der Waals surface area contributed by atoms with Crippen LogP contribution in [0.15, 0.2) is 24.3 Å². The topological polar surface area (TPSA) is 49.4 Å². The van der Waals surface area contributed by atoms with Gasteiger partial charge in [-0.05, 0) is 37.5 Å². The Morgan fingerprint density at radius 1 is 1.17 bits per heavy atom. The predicted octanol–water partition coefficient (Wildman–Crippen LogP) is 3.26. The number of nitrogens with zero attached hydrogens (tertiary/aromatic N) is 1. The van der Waals surface area contributed by atoms with Crippen molar-refractivity contribution in [3.63, 3.8) is 0 Å². The van der Waals surface area contributed by atoms with Crippen molar-refractivity contribution >= 4 is 11.8 Å². The van der Waals surface area contributed by atoms with E-state index in [1.54, 1.807) is 24.0 Å². The maximum absolute atomic E-state index is 13.0. The fraction of sp³-hybridized carbons (Fsp3) is 0.556. The first-order chi connectivity index (χ1) is 11.0. The van der Waals surface area contributed by atoms with Crippen LogP contribution in [0.1, 0.15) is 52.0 Å². The summed E-state index contributed by atoms with van der Waals surface area (Å²) in [6.07, 6.45) is 3.04. The molecular weight excluding hydrogens is 295 g/mol. The van der Waals surface area contributed by atoms with Crippen LogP contribution in [-0.4, -0.2) is 29.3 Å². The monoisotopic (exact) mass is 322 g/mol. The summed E-state index contributed by atoms with van der Waals surface area (Å²) < 4.78 is 13.0. The molecule has 1 atom stereocenters. The molecule has 0 heterocycles. The fourth-order valence-electron chi connectivity index (χ4n) is 2.26. The van der Waals surface area contributed by atoms with Crippen molar-refractivity contribution in [1.82, 2.24) is 10.2 Å². The SMILES string of the molecule is CCCCNC(=O)[C@@H](C)N(Cc1ccc(F)cc1)C(=O)CCC. The standard InChI is InChI=1S/C18H27FN2O2/c1-4-6-12-20-18(23)14(3)21(17(22)7-5-2)13-15-8-10-16(19)11-9-15/h8-11,14H,4-7,12-13H2,1-3H3,(H,20,23)/t14-/m1/s1. The molecule has 0 bridgehead atoms. The van der Waals surface area contributed by atoms with Gasteiger partial charge in [0.15, 0.2) is 0 Å². The van der Waals surface area contributed by atoms with Crippen molar-refractivity contribution in [2.24, 2.45) is 0 Å². The van der Waals surface area contributed by atoms with Crippen LogP contribution in [0.3, 0.4) is 0 Å². The Hall–Kier alpha value is -1.91. The van der Waals surface area contributed by atoms with Gasteiger partial charge in [0, 0.05) is 19.5 Å². The van der Waals surface area contributed by atoms with Gasteiger partial charge in [0.2, 0.25) is 11.8 Å². The molecule has 4 nitrogen and oxygen atoms in total. The van der Waals surface area contributed by atoms with Crippen LogP contribution < -0.4 is 5.32 Å². The van der Waals surface area contributed by atoms with E-state index in [1.807, 2.05) is 6.92 Å². The summed E-state index contributed by atoms with van der Waals surface area (Å²) in [5, 5.41) is 2.86. The lowest BCUT2D eigenvalue weighted by atomic mass is 10.1. The van der Waals surface area contributed by atoms with Gasteiger partial charge in [-0.1, -0.05) is 32.4 Å². The minimum Gasteiger partial charge on any atom is -0.354 e. The molecule has 0 saturated carbocycles. The Balaban J connectivity index is 2.80. The Morgan fingerprint density at radius 3 is 2.39 bits per heavy atom. The van der Waals surface area contributed by atoms with Gasteiger partial charge in [0.05, 0.1) is 0 Å². The molecule has 0 aliphatic heterocycles. The zero-order valence-corrected chi connectivity index (χ0v) is 14.3. The molecule has 0 fully saturated rings. The number of unbranched alkanes of at least 4 members (excludes halogenated alkanes) is 1. The Bertz CT molecular complexity index is 502. The van der Waals surface area contributed by atoms with E-state index < -0.39 is 6.04 Å². The Labute approximate surface area is 138 Å². The van der Waals surface area contributed by atoms with Gasteiger partial charge in [0.25, 0.3) is 0 Å². The number of halogens is 1. The number of benzene rings is 1. The summed E-state index contributed by atoms with van der Waals surface area (Å²) in [5.41, 5.74) is 0.809. The van der Waals surface area contributed by atoms with Gasteiger partial charge in [-0.15, -0.1) is 0 Å². The van der Waals surface area contributed by atoms with Crippen molar-refractivity contribution in [3.8, 4) is 0 Å². The second-order valence-corrected chi connectivity index (χ2v) is 5.72. The highest BCUT2D eigenvalue weighted by atomic mass is 19.1. The van der Waals surface area contributed by atoms with Crippen LogP contribution in [0.4, 0.5) is 4.39 Å². The molecule has 0 aliphatic carbocycles. The van der Waals surface area contributed by atoms with E-state index >= 15 is 0 Å². The fourth-order valence-corrected chi connectivity index (χ4v) is 2.26. The van der Waals surface area contributed by atoms with Gasteiger partial charge in [0.1, 0.15) is 11.9 Å². The third kappa shape index (κ3) is 6.38. The van der Waals surface area contributed by atoms with Crippen LogP contribution in [0, 0.1) is 5.82 Å². The van der Waals surface area contributed by atoms with E-state index in [2.05, 4.69) is 12.2 Å². The first-order valence-corrected chi connectivity index (χ1v) is 8.31. The van der Waals surface area contributed by atoms with Crippen LogP contribution in [0.2, 0.25) is 0 Å². The second-order valence-electron chi connectivity index (χ2n) is 5.72. The third-order valence-electron chi connectivity index (χ3n) is 3.73. The van der Waals surface area contributed by atoms with E-state index in [-0.39, 0.29) is 17.6 Å². The number of hydrogen-bond acceptors (Lipinski definition) is 2. The summed E-state index contributed by atoms with van der Waals surface area (Å²) in [4.78, 5) is 26.2. The molecule has 2 amide bonds. The first kappa shape index (κ1) is 19.1. The van der Waals surface area contributed by atoms with E-state index in [9.17, 15) is 14.0 Å². The molecule has 0 aliphatic rings. The lowest BCUT2D eigenvalue weighted by molar-refractivity contribution is -0.140. The summed E-state index contributed by atoms with van der Waals surface area (Å²) >= 11 is 0. The smallest absolute Gasteiger partial charge is 0.242 e. The largest absolute Gasteiger partial charge is 0.354 e. The molecule has 128 valence electrons. The molecule has 0 radical (unpaired) electrons.